The Kier molecular flexibility index (Phi) is 6.59. The predicted octanol–water partition coefficient (Wildman–Crippen LogP) is 2.43. The van der Waals surface area contributed by atoms with Crippen molar-refractivity contribution < 1.29 is 24.2 Å². The summed E-state index contributed by atoms with van der Waals surface area (Å²) in [5.74, 6) is 1.03. The first kappa shape index (κ1) is 23.8. The summed E-state index contributed by atoms with van der Waals surface area (Å²) >= 11 is 0. The first-order valence-electron chi connectivity index (χ1n) is 12.0. The summed E-state index contributed by atoms with van der Waals surface area (Å²) < 4.78 is 13.4. The van der Waals surface area contributed by atoms with Crippen LogP contribution < -0.4 is 15.0 Å². The molecule has 2 aliphatic rings. The van der Waals surface area contributed by atoms with Crippen LogP contribution in [-0.2, 0) is 4.74 Å². The molecule has 1 unspecified atom stereocenters. The number of amides is 2. The average Bonchev–Trinajstić information content (AvgIpc) is 3.23. The molecule has 0 spiro atoms. The van der Waals surface area contributed by atoms with Gasteiger partial charge in [-0.05, 0) is 26.0 Å². The third-order valence-corrected chi connectivity index (χ3v) is 6.47. The number of aryl methyl sites for hydroxylation is 1. The number of nitrogens with one attached hydrogen (secondary N) is 1. The number of rotatable bonds is 5. The Morgan fingerprint density at radius 1 is 1.17 bits per heavy atom. The summed E-state index contributed by atoms with van der Waals surface area (Å²) in [6, 6.07) is 5.08. The summed E-state index contributed by atoms with van der Waals surface area (Å²) in [7, 11) is 0. The third-order valence-electron chi connectivity index (χ3n) is 6.47. The number of aromatic nitrogens is 4. The number of hydrogen-bond donors (Lipinski definition) is 2. The highest BCUT2D eigenvalue weighted by Crippen LogP contribution is 2.26. The zero-order valence-corrected chi connectivity index (χ0v) is 20.3. The lowest BCUT2D eigenvalue weighted by Crippen LogP contribution is -2.54. The number of hydrogen-bond acceptors (Lipinski definition) is 8. The number of carbonyl (C=O) groups is 2. The van der Waals surface area contributed by atoms with Crippen molar-refractivity contribution in [2.45, 2.75) is 38.8 Å². The van der Waals surface area contributed by atoms with E-state index in [9.17, 15) is 14.7 Å². The number of carboxylic acid groups (broad SMARTS) is 1. The van der Waals surface area contributed by atoms with Crippen molar-refractivity contribution in [2.24, 2.45) is 0 Å². The maximum atomic E-state index is 13.3. The molecule has 2 N–H and O–H groups in total. The largest absolute Gasteiger partial charge is 0.489 e. The molecule has 190 valence electrons. The van der Waals surface area contributed by atoms with Crippen LogP contribution in [0.5, 0.6) is 5.75 Å². The van der Waals surface area contributed by atoms with Crippen molar-refractivity contribution in [1.82, 2.24) is 24.5 Å². The molecule has 1 atom stereocenters. The highest BCUT2D eigenvalue weighted by Gasteiger charge is 2.28. The molecule has 0 aliphatic carbocycles. The van der Waals surface area contributed by atoms with Crippen LogP contribution in [0, 0.1) is 6.92 Å². The van der Waals surface area contributed by atoms with Crippen LogP contribution in [0.15, 0.2) is 30.6 Å². The van der Waals surface area contributed by atoms with Crippen LogP contribution in [0.4, 0.5) is 16.4 Å². The lowest BCUT2D eigenvalue weighted by Gasteiger charge is -2.38. The Bertz CT molecular complexity index is 1260. The SMILES string of the molecule is Cc1cn2cc(C(=O)Nc3ccc(N4CCN(C(=O)O)C(C)C4)nn3)c(OC3CCOCC3)cc2n1. The molecule has 2 fully saturated rings. The average molecular weight is 496 g/mol. The molecule has 12 heteroatoms. The molecule has 0 radical (unpaired) electrons. The second-order valence-corrected chi connectivity index (χ2v) is 9.13. The molecule has 3 aromatic heterocycles. The molecule has 3 aromatic rings. The predicted molar refractivity (Wildman–Crippen MR) is 131 cm³/mol. The summed E-state index contributed by atoms with van der Waals surface area (Å²) in [4.78, 5) is 32.5. The molecule has 2 amide bonds. The summed E-state index contributed by atoms with van der Waals surface area (Å²) in [5.41, 5.74) is 1.91. The van der Waals surface area contributed by atoms with Crippen molar-refractivity contribution >= 4 is 29.3 Å². The molecule has 12 nitrogen and oxygen atoms in total. The molecular weight excluding hydrogens is 466 g/mol. The topological polar surface area (TPSA) is 134 Å². The highest BCUT2D eigenvalue weighted by atomic mass is 16.5. The van der Waals surface area contributed by atoms with E-state index in [0.29, 0.717) is 61.4 Å². The second-order valence-electron chi connectivity index (χ2n) is 9.13. The van der Waals surface area contributed by atoms with Crippen LogP contribution in [0.3, 0.4) is 0 Å². The number of pyridine rings is 1. The smallest absolute Gasteiger partial charge is 0.407 e. The van der Waals surface area contributed by atoms with Gasteiger partial charge in [0.15, 0.2) is 11.6 Å². The van der Waals surface area contributed by atoms with Gasteiger partial charge in [-0.2, -0.15) is 0 Å². The van der Waals surface area contributed by atoms with Gasteiger partial charge in [0.1, 0.15) is 17.5 Å². The van der Waals surface area contributed by atoms with Gasteiger partial charge in [0.05, 0.1) is 24.5 Å². The van der Waals surface area contributed by atoms with Gasteiger partial charge in [0.2, 0.25) is 0 Å². The number of imidazole rings is 1. The fraction of sp³-hybridized carbons (Fsp3) is 0.458. The first-order valence-corrected chi connectivity index (χ1v) is 12.0. The van der Waals surface area contributed by atoms with E-state index in [2.05, 4.69) is 20.5 Å². The molecular formula is C24H29N7O5. The van der Waals surface area contributed by atoms with Gasteiger partial charge in [-0.1, -0.05) is 0 Å². The lowest BCUT2D eigenvalue weighted by atomic mass is 10.1. The molecule has 2 saturated heterocycles. The molecule has 36 heavy (non-hydrogen) atoms. The van der Waals surface area contributed by atoms with E-state index in [-0.39, 0.29) is 18.1 Å². The molecule has 2 aliphatic heterocycles. The van der Waals surface area contributed by atoms with Gasteiger partial charge < -0.3 is 34.1 Å². The minimum atomic E-state index is -0.921. The minimum Gasteiger partial charge on any atom is -0.489 e. The Labute approximate surface area is 207 Å². The van der Waals surface area contributed by atoms with E-state index in [0.717, 1.165) is 18.5 Å². The fourth-order valence-electron chi connectivity index (χ4n) is 4.58. The summed E-state index contributed by atoms with van der Waals surface area (Å²) in [6.45, 7) is 6.44. The third kappa shape index (κ3) is 5.03. The zero-order chi connectivity index (χ0) is 25.2. The molecule has 0 bridgehead atoms. The molecule has 5 rings (SSSR count). The van der Waals surface area contributed by atoms with Crippen LogP contribution in [0.1, 0.15) is 35.8 Å². The maximum Gasteiger partial charge on any atom is 0.407 e. The number of fused-ring (bicyclic) bond motifs is 1. The Balaban J connectivity index is 1.32. The van der Waals surface area contributed by atoms with Gasteiger partial charge >= 0.3 is 6.09 Å². The standard InChI is InChI=1S/C24H29N7O5/c1-15-12-30-14-18(19(11-22(30)25-15)36-17-5-9-35-10-6-17)23(32)26-20-3-4-21(28-27-20)29-7-8-31(24(33)34)16(2)13-29/h3-4,11-12,14,16-17H,5-10,13H2,1-2H3,(H,33,34)(H,26,27,32). The van der Waals surface area contributed by atoms with Crippen molar-refractivity contribution in [3.63, 3.8) is 0 Å². The van der Waals surface area contributed by atoms with Crippen molar-refractivity contribution in [3.05, 3.63) is 41.9 Å². The molecule has 5 heterocycles. The van der Waals surface area contributed by atoms with E-state index in [4.69, 9.17) is 9.47 Å². The van der Waals surface area contributed by atoms with E-state index in [1.54, 1.807) is 28.8 Å². The fourth-order valence-corrected chi connectivity index (χ4v) is 4.58. The van der Waals surface area contributed by atoms with Crippen LogP contribution >= 0.6 is 0 Å². The number of ether oxygens (including phenoxy) is 2. The molecule has 0 aromatic carbocycles. The van der Waals surface area contributed by atoms with E-state index < -0.39 is 6.09 Å². The minimum absolute atomic E-state index is 0.0353. The number of carbonyl (C=O) groups excluding carboxylic acids is 1. The maximum absolute atomic E-state index is 13.3. The van der Waals surface area contributed by atoms with Gasteiger partial charge in [-0.3, -0.25) is 4.79 Å². The Morgan fingerprint density at radius 2 is 1.97 bits per heavy atom. The van der Waals surface area contributed by atoms with Gasteiger partial charge in [-0.15, -0.1) is 10.2 Å². The Hall–Kier alpha value is -3.93. The van der Waals surface area contributed by atoms with Crippen LogP contribution in [0.25, 0.3) is 5.65 Å². The number of nitrogens with zero attached hydrogens (tertiary/aromatic N) is 6. The van der Waals surface area contributed by atoms with Crippen LogP contribution in [0.2, 0.25) is 0 Å². The number of piperazine rings is 1. The lowest BCUT2D eigenvalue weighted by molar-refractivity contribution is 0.0253. The van der Waals surface area contributed by atoms with Gasteiger partial charge in [0.25, 0.3) is 5.91 Å². The molecule has 0 saturated carbocycles. The van der Waals surface area contributed by atoms with Crippen molar-refractivity contribution in [2.75, 3.05) is 43.1 Å². The van der Waals surface area contributed by atoms with E-state index >= 15 is 0 Å². The van der Waals surface area contributed by atoms with Crippen LogP contribution in [-0.4, -0.2) is 86.6 Å². The highest BCUT2D eigenvalue weighted by molar-refractivity contribution is 6.05. The van der Waals surface area contributed by atoms with Crippen molar-refractivity contribution in [3.8, 4) is 5.75 Å². The number of anilines is 2. The second kappa shape index (κ2) is 9.97. The quantitative estimate of drug-likeness (QED) is 0.547. The first-order chi connectivity index (χ1) is 17.4. The van der Waals surface area contributed by atoms with Gasteiger partial charge in [-0.25, -0.2) is 9.78 Å². The zero-order valence-electron chi connectivity index (χ0n) is 20.3. The Morgan fingerprint density at radius 3 is 2.67 bits per heavy atom. The van der Waals surface area contributed by atoms with E-state index in [1.165, 1.54) is 4.90 Å². The van der Waals surface area contributed by atoms with E-state index in [1.807, 2.05) is 24.9 Å². The summed E-state index contributed by atoms with van der Waals surface area (Å²) in [5, 5.41) is 20.5. The normalized spacial score (nSPS) is 18.9. The van der Waals surface area contributed by atoms with Crippen molar-refractivity contribution in [1.29, 1.82) is 0 Å². The van der Waals surface area contributed by atoms with Gasteiger partial charge in [0, 0.05) is 57.0 Å². The summed E-state index contributed by atoms with van der Waals surface area (Å²) in [6.07, 6.45) is 4.12. The monoisotopic (exact) mass is 495 g/mol.